The summed E-state index contributed by atoms with van der Waals surface area (Å²) in [4.78, 5) is 56.6. The van der Waals surface area contributed by atoms with Crippen LogP contribution in [0.25, 0.3) is 0 Å². The van der Waals surface area contributed by atoms with Gasteiger partial charge in [0.2, 0.25) is 17.7 Å². The number of carbonyl (C=O) groups is 4. The van der Waals surface area contributed by atoms with Gasteiger partial charge in [-0.05, 0) is 37.7 Å². The Labute approximate surface area is 203 Å². The quantitative estimate of drug-likeness (QED) is 0.158. The molecule has 3 amide bonds. The standard InChI is InChI=1S/C21H36N6O6S/c1-11(2)7-14(22)18(29)25-15(5-6-34-4)19(30)26-16(8-13-9-23-10-24-13)20(31)27-17(12(3)28)21(32)33/h9-12,14-17,28H,5-8,22H2,1-4H3,(H,23,24)(H,25,29)(H,26,30)(H,27,31)(H,32,33). The van der Waals surface area contributed by atoms with Gasteiger partial charge < -0.3 is 36.9 Å². The van der Waals surface area contributed by atoms with Crippen molar-refractivity contribution in [1.82, 2.24) is 25.9 Å². The van der Waals surface area contributed by atoms with Gasteiger partial charge in [0, 0.05) is 18.3 Å². The van der Waals surface area contributed by atoms with Gasteiger partial charge in [-0.2, -0.15) is 11.8 Å². The zero-order valence-corrected chi connectivity index (χ0v) is 20.7. The molecule has 5 unspecified atom stereocenters. The molecule has 1 aromatic rings. The summed E-state index contributed by atoms with van der Waals surface area (Å²) in [7, 11) is 0. The van der Waals surface area contributed by atoms with Crippen LogP contribution >= 0.6 is 11.8 Å². The minimum atomic E-state index is -1.56. The van der Waals surface area contributed by atoms with Gasteiger partial charge in [-0.1, -0.05) is 13.8 Å². The van der Waals surface area contributed by atoms with Crippen molar-refractivity contribution >= 4 is 35.5 Å². The van der Waals surface area contributed by atoms with E-state index in [1.165, 1.54) is 31.2 Å². The van der Waals surface area contributed by atoms with Gasteiger partial charge in [-0.25, -0.2) is 9.78 Å². The lowest BCUT2D eigenvalue weighted by Gasteiger charge is -2.25. The second-order valence-electron chi connectivity index (χ2n) is 8.49. The molecule has 8 N–H and O–H groups in total. The summed E-state index contributed by atoms with van der Waals surface area (Å²) < 4.78 is 0. The number of carboxylic acids is 1. The summed E-state index contributed by atoms with van der Waals surface area (Å²) in [6, 6.07) is -4.47. The number of aliphatic hydroxyl groups is 1. The van der Waals surface area contributed by atoms with Crippen LogP contribution in [-0.2, 0) is 25.6 Å². The first-order chi connectivity index (χ1) is 16.0. The average molecular weight is 501 g/mol. The molecule has 0 bridgehead atoms. The molecular weight excluding hydrogens is 464 g/mol. The first-order valence-electron chi connectivity index (χ1n) is 11.0. The van der Waals surface area contributed by atoms with Crippen LogP contribution in [0.1, 0.15) is 39.3 Å². The smallest absolute Gasteiger partial charge is 0.328 e. The molecule has 0 radical (unpaired) electrons. The van der Waals surface area contributed by atoms with Crippen molar-refractivity contribution in [3.05, 3.63) is 18.2 Å². The number of imidazole rings is 1. The van der Waals surface area contributed by atoms with Gasteiger partial charge in [0.15, 0.2) is 6.04 Å². The van der Waals surface area contributed by atoms with Crippen LogP contribution in [0.15, 0.2) is 12.5 Å². The summed E-state index contributed by atoms with van der Waals surface area (Å²) in [5, 5.41) is 26.5. The molecule has 1 aromatic heterocycles. The Hall–Kier alpha value is -2.64. The molecule has 1 rings (SSSR count). The number of nitrogens with two attached hydrogens (primary N) is 1. The van der Waals surface area contributed by atoms with Gasteiger partial charge >= 0.3 is 5.97 Å². The number of aromatic amines is 1. The van der Waals surface area contributed by atoms with Gasteiger partial charge in [0.05, 0.1) is 18.5 Å². The first-order valence-corrected chi connectivity index (χ1v) is 12.4. The predicted octanol–water partition coefficient (Wildman–Crippen LogP) is -1.00. The molecular formula is C21H36N6O6S. The van der Waals surface area contributed by atoms with E-state index in [-0.39, 0.29) is 12.3 Å². The van der Waals surface area contributed by atoms with E-state index in [2.05, 4.69) is 25.9 Å². The summed E-state index contributed by atoms with van der Waals surface area (Å²) >= 11 is 1.49. The van der Waals surface area contributed by atoms with E-state index >= 15 is 0 Å². The van der Waals surface area contributed by atoms with Gasteiger partial charge in [0.1, 0.15) is 12.1 Å². The Morgan fingerprint density at radius 1 is 1.09 bits per heavy atom. The molecule has 0 saturated carbocycles. The highest BCUT2D eigenvalue weighted by molar-refractivity contribution is 7.98. The molecule has 0 fully saturated rings. The van der Waals surface area contributed by atoms with Crippen molar-refractivity contribution in [1.29, 1.82) is 0 Å². The SMILES string of the molecule is CSCCC(NC(=O)C(N)CC(C)C)C(=O)NC(Cc1cnc[nH]1)C(=O)NC(C(=O)O)C(C)O. The van der Waals surface area contributed by atoms with E-state index in [1.54, 1.807) is 0 Å². The molecule has 1 heterocycles. The second kappa shape index (κ2) is 14.6. The van der Waals surface area contributed by atoms with Crippen molar-refractivity contribution in [2.24, 2.45) is 11.7 Å². The highest BCUT2D eigenvalue weighted by atomic mass is 32.2. The number of rotatable bonds is 15. The molecule has 5 atom stereocenters. The third-order valence-electron chi connectivity index (χ3n) is 4.96. The number of hydrogen-bond acceptors (Lipinski definition) is 8. The number of hydrogen-bond donors (Lipinski definition) is 7. The minimum absolute atomic E-state index is 0.0141. The normalized spacial score (nSPS) is 15.6. The Morgan fingerprint density at radius 2 is 1.71 bits per heavy atom. The molecule has 0 spiro atoms. The van der Waals surface area contributed by atoms with Crippen molar-refractivity contribution in [2.75, 3.05) is 12.0 Å². The fraction of sp³-hybridized carbons (Fsp3) is 0.667. The molecule has 0 aliphatic heterocycles. The highest BCUT2D eigenvalue weighted by Gasteiger charge is 2.32. The lowest BCUT2D eigenvalue weighted by molar-refractivity contribution is -0.145. The number of nitrogens with zero attached hydrogens (tertiary/aromatic N) is 1. The Bertz CT molecular complexity index is 804. The Morgan fingerprint density at radius 3 is 2.21 bits per heavy atom. The maximum absolute atomic E-state index is 13.1. The number of H-pyrrole nitrogens is 1. The van der Waals surface area contributed by atoms with Crippen molar-refractivity contribution in [2.45, 2.75) is 70.3 Å². The number of carbonyl (C=O) groups excluding carboxylic acids is 3. The van der Waals surface area contributed by atoms with Crippen LogP contribution in [0.3, 0.4) is 0 Å². The predicted molar refractivity (Wildman–Crippen MR) is 128 cm³/mol. The van der Waals surface area contributed by atoms with Crippen LogP contribution in [0.2, 0.25) is 0 Å². The van der Waals surface area contributed by atoms with E-state index in [0.29, 0.717) is 24.3 Å². The summed E-state index contributed by atoms with van der Waals surface area (Å²) in [6.07, 6.45) is 4.10. The first kappa shape index (κ1) is 29.4. The van der Waals surface area contributed by atoms with E-state index in [9.17, 15) is 29.4 Å². The third-order valence-corrected chi connectivity index (χ3v) is 5.61. The van der Waals surface area contributed by atoms with Crippen molar-refractivity contribution in [3.63, 3.8) is 0 Å². The van der Waals surface area contributed by atoms with Crippen molar-refractivity contribution < 1.29 is 29.4 Å². The second-order valence-corrected chi connectivity index (χ2v) is 9.47. The third kappa shape index (κ3) is 10.1. The number of aromatic nitrogens is 2. The molecule has 12 nitrogen and oxygen atoms in total. The average Bonchev–Trinajstić information content (AvgIpc) is 3.26. The van der Waals surface area contributed by atoms with Crippen LogP contribution in [0.4, 0.5) is 0 Å². The fourth-order valence-electron chi connectivity index (χ4n) is 3.14. The molecule has 13 heteroatoms. The molecule has 0 aliphatic rings. The number of nitrogens with one attached hydrogen (secondary N) is 4. The number of aliphatic carboxylic acids is 1. The van der Waals surface area contributed by atoms with E-state index < -0.39 is 54.0 Å². The van der Waals surface area contributed by atoms with E-state index in [4.69, 9.17) is 5.73 Å². The van der Waals surface area contributed by atoms with Gasteiger partial charge in [-0.15, -0.1) is 0 Å². The minimum Gasteiger partial charge on any atom is -0.480 e. The molecule has 0 saturated heterocycles. The maximum Gasteiger partial charge on any atom is 0.328 e. The number of thioether (sulfide) groups is 1. The molecule has 34 heavy (non-hydrogen) atoms. The number of aliphatic hydroxyl groups excluding tert-OH is 1. The van der Waals surface area contributed by atoms with Crippen LogP contribution in [0, 0.1) is 5.92 Å². The number of carboxylic acid groups (broad SMARTS) is 1. The molecule has 0 aromatic carbocycles. The van der Waals surface area contributed by atoms with Crippen molar-refractivity contribution in [3.8, 4) is 0 Å². The maximum atomic E-state index is 13.1. The monoisotopic (exact) mass is 500 g/mol. The van der Waals surface area contributed by atoms with Gasteiger partial charge in [-0.3, -0.25) is 14.4 Å². The van der Waals surface area contributed by atoms with E-state index in [1.807, 2.05) is 20.1 Å². The number of amides is 3. The zero-order valence-electron chi connectivity index (χ0n) is 19.9. The van der Waals surface area contributed by atoms with Crippen LogP contribution < -0.4 is 21.7 Å². The van der Waals surface area contributed by atoms with E-state index in [0.717, 1.165) is 0 Å². The van der Waals surface area contributed by atoms with Crippen LogP contribution in [0.5, 0.6) is 0 Å². The van der Waals surface area contributed by atoms with Crippen LogP contribution in [-0.4, -0.2) is 86.2 Å². The summed E-state index contributed by atoms with van der Waals surface area (Å²) in [5.74, 6) is -2.54. The highest BCUT2D eigenvalue weighted by Crippen LogP contribution is 2.07. The summed E-state index contributed by atoms with van der Waals surface area (Å²) in [5.41, 5.74) is 6.46. The zero-order chi connectivity index (χ0) is 25.8. The lowest BCUT2D eigenvalue weighted by Crippen LogP contribution is -2.59. The Balaban J connectivity index is 3.03. The molecule has 192 valence electrons. The summed E-state index contributed by atoms with van der Waals surface area (Å²) in [6.45, 7) is 5.10. The largest absolute Gasteiger partial charge is 0.480 e. The fourth-order valence-corrected chi connectivity index (χ4v) is 3.61. The lowest BCUT2D eigenvalue weighted by atomic mass is 10.0. The Kier molecular flexibility index (Phi) is 12.6. The van der Waals surface area contributed by atoms with Gasteiger partial charge in [0.25, 0.3) is 0 Å². The molecule has 0 aliphatic carbocycles. The topological polar surface area (TPSA) is 200 Å².